The summed E-state index contributed by atoms with van der Waals surface area (Å²) < 4.78 is 0. The van der Waals surface area contributed by atoms with Gasteiger partial charge in [0.2, 0.25) is 5.91 Å². The van der Waals surface area contributed by atoms with Crippen molar-refractivity contribution in [2.45, 2.75) is 63.8 Å². The first kappa shape index (κ1) is 23.6. The van der Waals surface area contributed by atoms with Crippen LogP contribution in [0.25, 0.3) is 10.8 Å². The van der Waals surface area contributed by atoms with E-state index in [1.807, 2.05) is 6.07 Å². The lowest BCUT2D eigenvalue weighted by molar-refractivity contribution is -0.118. The molecule has 4 heteroatoms. The minimum atomic E-state index is -0.125. The topological polar surface area (TPSA) is 47.3 Å². The second-order valence-electron chi connectivity index (χ2n) is 10.4. The lowest BCUT2D eigenvalue weighted by Gasteiger charge is -2.47. The highest BCUT2D eigenvalue weighted by Gasteiger charge is 2.40. The van der Waals surface area contributed by atoms with Crippen LogP contribution < -0.4 is 4.90 Å². The molecule has 35 heavy (non-hydrogen) atoms. The molecule has 1 fully saturated rings. The van der Waals surface area contributed by atoms with Crippen molar-refractivity contribution in [3.8, 4) is 6.07 Å². The Morgan fingerprint density at radius 1 is 0.943 bits per heavy atom. The van der Waals surface area contributed by atoms with Crippen molar-refractivity contribution in [1.82, 2.24) is 4.90 Å². The van der Waals surface area contributed by atoms with Crippen molar-refractivity contribution >= 4 is 22.4 Å². The first-order valence-electron chi connectivity index (χ1n) is 13.1. The van der Waals surface area contributed by atoms with Crippen molar-refractivity contribution in [1.29, 1.82) is 5.26 Å². The Morgan fingerprint density at radius 3 is 2.43 bits per heavy atom. The number of carbonyl (C=O) groups excluding carboxylic acids is 1. The average Bonchev–Trinajstić information content (AvgIpc) is 3.09. The first-order valence-corrected chi connectivity index (χ1v) is 13.1. The van der Waals surface area contributed by atoms with Crippen LogP contribution in [0.2, 0.25) is 0 Å². The van der Waals surface area contributed by atoms with E-state index in [1.54, 1.807) is 6.92 Å². The van der Waals surface area contributed by atoms with Crippen molar-refractivity contribution in [3.63, 3.8) is 0 Å². The predicted octanol–water partition coefficient (Wildman–Crippen LogP) is 6.26. The highest BCUT2D eigenvalue weighted by atomic mass is 16.2. The van der Waals surface area contributed by atoms with E-state index in [0.29, 0.717) is 0 Å². The summed E-state index contributed by atoms with van der Waals surface area (Å²) in [5.41, 5.74) is 4.36. The summed E-state index contributed by atoms with van der Waals surface area (Å²) in [4.78, 5) is 17.9. The molecule has 0 atom stereocenters. The fraction of sp³-hybridized carbons (Fsp3) is 0.419. The smallest absolute Gasteiger partial charge is 0.224 e. The van der Waals surface area contributed by atoms with E-state index in [0.717, 1.165) is 63.0 Å². The number of nitrogens with zero attached hydrogens (tertiary/aromatic N) is 3. The standard InChI is InChI=1S/C31H35N3O/c1-24(35)34(30-12-11-26-7-3-4-8-28(26)22-30)31(15-5-2-6-16-31)17-20-33-18-13-27-10-9-25(23-32)21-29(27)14-19-33/h3-4,7-12,21-22H,2,5-6,13-20H2,1H3. The zero-order valence-corrected chi connectivity index (χ0v) is 20.8. The van der Waals surface area contributed by atoms with Crippen molar-refractivity contribution < 1.29 is 4.79 Å². The van der Waals surface area contributed by atoms with Crippen LogP contribution in [0, 0.1) is 11.3 Å². The molecule has 1 amide bonds. The largest absolute Gasteiger partial charge is 0.306 e. The van der Waals surface area contributed by atoms with E-state index in [2.05, 4.69) is 70.5 Å². The summed E-state index contributed by atoms with van der Waals surface area (Å²) in [6.07, 6.45) is 8.76. The predicted molar refractivity (Wildman–Crippen MR) is 143 cm³/mol. The molecule has 3 aromatic carbocycles. The van der Waals surface area contributed by atoms with Gasteiger partial charge in [-0.25, -0.2) is 0 Å². The third-order valence-electron chi connectivity index (χ3n) is 8.19. The molecule has 0 N–H and O–H groups in total. The van der Waals surface area contributed by atoms with Crippen LogP contribution in [0.4, 0.5) is 5.69 Å². The summed E-state index contributed by atoms with van der Waals surface area (Å²) in [7, 11) is 0. The number of hydrogen-bond donors (Lipinski definition) is 0. The Balaban J connectivity index is 1.37. The Bertz CT molecular complexity index is 1250. The molecule has 5 rings (SSSR count). The van der Waals surface area contributed by atoms with E-state index < -0.39 is 0 Å². The molecule has 0 saturated heterocycles. The summed E-state index contributed by atoms with van der Waals surface area (Å²) in [6.45, 7) is 4.77. The molecule has 3 aromatic rings. The molecule has 1 aliphatic heterocycles. The van der Waals surface area contributed by atoms with Crippen LogP contribution in [0.3, 0.4) is 0 Å². The van der Waals surface area contributed by atoms with E-state index >= 15 is 0 Å². The lowest BCUT2D eigenvalue weighted by atomic mass is 9.77. The Hall–Kier alpha value is -3.16. The minimum absolute atomic E-state index is 0.125. The van der Waals surface area contributed by atoms with Gasteiger partial charge in [-0.3, -0.25) is 4.79 Å². The Morgan fingerprint density at radius 2 is 1.69 bits per heavy atom. The molecular weight excluding hydrogens is 430 g/mol. The van der Waals surface area contributed by atoms with Crippen molar-refractivity contribution in [2.75, 3.05) is 24.5 Å². The van der Waals surface area contributed by atoms with E-state index in [-0.39, 0.29) is 11.4 Å². The molecule has 2 aliphatic rings. The van der Waals surface area contributed by atoms with Gasteiger partial charge in [-0.15, -0.1) is 0 Å². The van der Waals surface area contributed by atoms with Crippen LogP contribution in [0.15, 0.2) is 60.7 Å². The maximum Gasteiger partial charge on any atom is 0.224 e. The van der Waals surface area contributed by atoms with Crippen molar-refractivity contribution in [2.24, 2.45) is 0 Å². The molecule has 180 valence electrons. The zero-order valence-electron chi connectivity index (χ0n) is 20.8. The molecule has 0 aromatic heterocycles. The second kappa shape index (κ2) is 10.2. The normalized spacial score (nSPS) is 17.8. The second-order valence-corrected chi connectivity index (χ2v) is 10.4. The highest BCUT2D eigenvalue weighted by molar-refractivity contribution is 5.96. The molecule has 0 unspecified atom stereocenters. The molecule has 0 bridgehead atoms. The molecule has 1 aliphatic carbocycles. The number of benzene rings is 3. The van der Waals surface area contributed by atoms with Crippen LogP contribution in [0.1, 0.15) is 62.1 Å². The zero-order chi connectivity index (χ0) is 24.3. The van der Waals surface area contributed by atoms with Crippen LogP contribution in [-0.4, -0.2) is 36.0 Å². The Kier molecular flexibility index (Phi) is 6.88. The van der Waals surface area contributed by atoms with E-state index in [4.69, 9.17) is 0 Å². The molecule has 4 nitrogen and oxygen atoms in total. The van der Waals surface area contributed by atoms with Gasteiger partial charge in [-0.2, -0.15) is 5.26 Å². The number of rotatable bonds is 5. The van der Waals surface area contributed by atoms with Gasteiger partial charge < -0.3 is 9.80 Å². The third-order valence-corrected chi connectivity index (χ3v) is 8.19. The van der Waals surface area contributed by atoms with Crippen molar-refractivity contribution in [3.05, 3.63) is 77.4 Å². The summed E-state index contributed by atoms with van der Waals surface area (Å²) >= 11 is 0. The fourth-order valence-electron chi connectivity index (χ4n) is 6.33. The van der Waals surface area contributed by atoms with Crippen LogP contribution in [0.5, 0.6) is 0 Å². The van der Waals surface area contributed by atoms with E-state index in [1.165, 1.54) is 41.2 Å². The molecule has 1 heterocycles. The number of anilines is 1. The van der Waals surface area contributed by atoms with Gasteiger partial charge in [0, 0.05) is 37.8 Å². The summed E-state index contributed by atoms with van der Waals surface area (Å²) in [5, 5.41) is 11.7. The Labute approximate surface area is 209 Å². The lowest BCUT2D eigenvalue weighted by Crippen LogP contribution is -2.54. The maximum atomic E-state index is 13.2. The summed E-state index contributed by atoms with van der Waals surface area (Å²) in [6, 6.07) is 23.3. The minimum Gasteiger partial charge on any atom is -0.306 e. The number of nitriles is 1. The van der Waals surface area contributed by atoms with Gasteiger partial charge in [-0.05, 0) is 78.3 Å². The van der Waals surface area contributed by atoms with Gasteiger partial charge in [0.05, 0.1) is 11.6 Å². The third kappa shape index (κ3) is 4.97. The molecule has 0 spiro atoms. The molecular formula is C31H35N3O. The maximum absolute atomic E-state index is 13.2. The van der Waals surface area contributed by atoms with Crippen LogP contribution >= 0.6 is 0 Å². The van der Waals surface area contributed by atoms with Crippen LogP contribution in [-0.2, 0) is 17.6 Å². The van der Waals surface area contributed by atoms with Gasteiger partial charge in [0.1, 0.15) is 0 Å². The average molecular weight is 466 g/mol. The van der Waals surface area contributed by atoms with Gasteiger partial charge in [0.15, 0.2) is 0 Å². The van der Waals surface area contributed by atoms with Gasteiger partial charge >= 0.3 is 0 Å². The number of carbonyl (C=O) groups is 1. The highest BCUT2D eigenvalue weighted by Crippen LogP contribution is 2.40. The monoisotopic (exact) mass is 465 g/mol. The summed E-state index contributed by atoms with van der Waals surface area (Å²) in [5.74, 6) is 0.148. The quantitative estimate of drug-likeness (QED) is 0.447. The first-order chi connectivity index (χ1) is 17.1. The number of hydrogen-bond acceptors (Lipinski definition) is 3. The van der Waals surface area contributed by atoms with Gasteiger partial charge in [-0.1, -0.05) is 55.7 Å². The fourth-order valence-corrected chi connectivity index (χ4v) is 6.33. The number of fused-ring (bicyclic) bond motifs is 2. The van der Waals surface area contributed by atoms with Gasteiger partial charge in [0.25, 0.3) is 0 Å². The molecule has 1 saturated carbocycles. The number of amides is 1. The molecule has 0 radical (unpaired) electrons. The SMILES string of the molecule is CC(=O)N(c1ccc2ccccc2c1)C1(CCN2CCc3ccc(C#N)cc3CC2)CCCCC1. The van der Waals surface area contributed by atoms with E-state index in [9.17, 15) is 10.1 Å².